The van der Waals surface area contributed by atoms with Gasteiger partial charge in [-0.15, -0.1) is 0 Å². The van der Waals surface area contributed by atoms with Gasteiger partial charge >= 0.3 is 0 Å². The Morgan fingerprint density at radius 3 is 2.41 bits per heavy atom. The highest BCUT2D eigenvalue weighted by atomic mass is 14.5. The van der Waals surface area contributed by atoms with E-state index in [1.807, 2.05) is 0 Å². The Bertz CT molecular complexity index is 319. The maximum Gasteiger partial charge on any atom is -0.0160 e. The lowest BCUT2D eigenvalue weighted by Gasteiger charge is -2.47. The number of hydrogen-bond acceptors (Lipinski definition) is 0. The minimum absolute atomic E-state index is 0.696. The van der Waals surface area contributed by atoms with E-state index in [0.29, 0.717) is 5.92 Å². The molecule has 1 aliphatic rings. The smallest absolute Gasteiger partial charge is 0.0160 e. The zero-order valence-electron chi connectivity index (χ0n) is 12.2. The van der Waals surface area contributed by atoms with Crippen molar-refractivity contribution in [2.45, 2.75) is 47.5 Å². The molecule has 0 radical (unpaired) electrons. The summed E-state index contributed by atoms with van der Waals surface area (Å²) < 4.78 is 0. The second-order valence-electron chi connectivity index (χ2n) is 5.77. The molecule has 96 valence electrons. The van der Waals surface area contributed by atoms with Crippen molar-refractivity contribution in [3.8, 4) is 0 Å². The average Bonchev–Trinajstić information content (AvgIpc) is 2.25. The topological polar surface area (TPSA) is 0 Å². The van der Waals surface area contributed by atoms with Crippen LogP contribution in [0.5, 0.6) is 0 Å². The third-order valence-electron chi connectivity index (χ3n) is 4.36. The van der Waals surface area contributed by atoms with Gasteiger partial charge in [0.2, 0.25) is 0 Å². The van der Waals surface area contributed by atoms with Crippen LogP contribution >= 0.6 is 0 Å². The Morgan fingerprint density at radius 2 is 2.00 bits per heavy atom. The largest absolute Gasteiger partial charge is 0.0998 e. The fraction of sp³-hybridized carbons (Fsp3) is 0.647. The van der Waals surface area contributed by atoms with E-state index in [1.54, 1.807) is 0 Å². The minimum Gasteiger partial charge on any atom is -0.0998 e. The predicted molar refractivity (Wildman–Crippen MR) is 77.9 cm³/mol. The van der Waals surface area contributed by atoms with Gasteiger partial charge in [0, 0.05) is 0 Å². The summed E-state index contributed by atoms with van der Waals surface area (Å²) in [5, 5.41) is 0. The van der Waals surface area contributed by atoms with Crippen LogP contribution in [-0.4, -0.2) is 0 Å². The third kappa shape index (κ3) is 3.34. The van der Waals surface area contributed by atoms with Gasteiger partial charge in [0.05, 0.1) is 0 Å². The second kappa shape index (κ2) is 6.23. The molecule has 0 aliphatic heterocycles. The van der Waals surface area contributed by atoms with Crippen LogP contribution in [0.3, 0.4) is 0 Å². The maximum absolute atomic E-state index is 4.16. The maximum atomic E-state index is 4.16. The number of allylic oxidation sites excluding steroid dienone is 5. The first-order chi connectivity index (χ1) is 8.01. The van der Waals surface area contributed by atoms with Crippen LogP contribution in [0.4, 0.5) is 0 Å². The van der Waals surface area contributed by atoms with Gasteiger partial charge in [0.25, 0.3) is 0 Å². The monoisotopic (exact) mass is 232 g/mol. The molecule has 4 atom stereocenters. The Labute approximate surface area is 108 Å². The average molecular weight is 232 g/mol. The lowest BCUT2D eigenvalue weighted by molar-refractivity contribution is 0.0735. The van der Waals surface area contributed by atoms with Crippen LogP contribution in [0, 0.1) is 23.7 Å². The molecule has 1 saturated carbocycles. The van der Waals surface area contributed by atoms with Crippen LogP contribution in [0.2, 0.25) is 0 Å². The van der Waals surface area contributed by atoms with Crippen molar-refractivity contribution in [1.82, 2.24) is 0 Å². The first-order valence-corrected chi connectivity index (χ1v) is 6.91. The summed E-state index contributed by atoms with van der Waals surface area (Å²) in [4.78, 5) is 0. The second-order valence-corrected chi connectivity index (χ2v) is 5.77. The fourth-order valence-corrected chi connectivity index (χ4v) is 3.23. The predicted octanol–water partition coefficient (Wildman–Crippen LogP) is 5.38. The van der Waals surface area contributed by atoms with Gasteiger partial charge in [0.1, 0.15) is 0 Å². The van der Waals surface area contributed by atoms with Crippen LogP contribution in [0.15, 0.2) is 36.0 Å². The molecule has 0 aromatic rings. The summed E-state index contributed by atoms with van der Waals surface area (Å²) in [7, 11) is 0. The molecule has 1 aliphatic carbocycles. The molecule has 0 heterocycles. The van der Waals surface area contributed by atoms with E-state index in [2.05, 4.69) is 59.4 Å². The zero-order chi connectivity index (χ0) is 13.0. The van der Waals surface area contributed by atoms with Gasteiger partial charge in [-0.1, -0.05) is 42.9 Å². The molecule has 17 heavy (non-hydrogen) atoms. The standard InChI is InChI=1S/C17H28/c1-7-9-15(10-13(5)8-2)17-14(6)11-16(17)12(3)4/h7-9,14-17H,3,10-11H2,1-2,4-6H3. The number of hydrogen-bond donors (Lipinski definition) is 0. The van der Waals surface area contributed by atoms with Gasteiger partial charge < -0.3 is 0 Å². The molecule has 0 spiro atoms. The highest BCUT2D eigenvalue weighted by molar-refractivity contribution is 5.13. The SMILES string of the molecule is C=C(C)C1CC(C)C1C(C=CC)CC(C)=CC. The first kappa shape index (κ1) is 14.3. The molecule has 0 bridgehead atoms. The fourth-order valence-electron chi connectivity index (χ4n) is 3.23. The van der Waals surface area contributed by atoms with Gasteiger partial charge in [-0.05, 0) is 64.2 Å². The van der Waals surface area contributed by atoms with Crippen LogP contribution < -0.4 is 0 Å². The Balaban J connectivity index is 2.79. The Hall–Kier alpha value is -0.780. The van der Waals surface area contributed by atoms with E-state index in [-0.39, 0.29) is 0 Å². The van der Waals surface area contributed by atoms with Crippen molar-refractivity contribution in [2.24, 2.45) is 23.7 Å². The first-order valence-electron chi connectivity index (χ1n) is 6.91. The molecular formula is C17H28. The van der Waals surface area contributed by atoms with Crippen molar-refractivity contribution >= 4 is 0 Å². The Kier molecular flexibility index (Phi) is 5.24. The third-order valence-corrected chi connectivity index (χ3v) is 4.36. The highest BCUT2D eigenvalue weighted by Gasteiger charge is 2.41. The molecule has 0 N–H and O–H groups in total. The zero-order valence-corrected chi connectivity index (χ0v) is 12.2. The molecule has 0 nitrogen and oxygen atoms in total. The molecule has 0 aromatic carbocycles. The van der Waals surface area contributed by atoms with E-state index in [9.17, 15) is 0 Å². The molecule has 4 unspecified atom stereocenters. The molecule has 0 aromatic heterocycles. The van der Waals surface area contributed by atoms with Crippen molar-refractivity contribution in [2.75, 3.05) is 0 Å². The van der Waals surface area contributed by atoms with Gasteiger partial charge in [0.15, 0.2) is 0 Å². The van der Waals surface area contributed by atoms with Crippen LogP contribution in [0.1, 0.15) is 47.5 Å². The summed E-state index contributed by atoms with van der Waals surface area (Å²) in [5.41, 5.74) is 2.88. The van der Waals surface area contributed by atoms with Crippen LogP contribution in [0.25, 0.3) is 0 Å². The van der Waals surface area contributed by atoms with Crippen LogP contribution in [-0.2, 0) is 0 Å². The number of rotatable bonds is 5. The molecule has 1 fully saturated rings. The molecular weight excluding hydrogens is 204 g/mol. The Morgan fingerprint density at radius 1 is 1.35 bits per heavy atom. The van der Waals surface area contributed by atoms with Gasteiger partial charge in [-0.3, -0.25) is 0 Å². The van der Waals surface area contributed by atoms with Crippen molar-refractivity contribution in [1.29, 1.82) is 0 Å². The lowest BCUT2D eigenvalue weighted by atomic mass is 9.57. The van der Waals surface area contributed by atoms with E-state index >= 15 is 0 Å². The lowest BCUT2D eigenvalue weighted by Crippen LogP contribution is -2.40. The molecule has 1 rings (SSSR count). The van der Waals surface area contributed by atoms with E-state index < -0.39 is 0 Å². The summed E-state index contributed by atoms with van der Waals surface area (Å²) in [6, 6.07) is 0. The summed E-state index contributed by atoms with van der Waals surface area (Å²) >= 11 is 0. The summed E-state index contributed by atoms with van der Waals surface area (Å²) in [5.74, 6) is 3.10. The molecule has 0 amide bonds. The van der Waals surface area contributed by atoms with E-state index in [0.717, 1.165) is 17.8 Å². The highest BCUT2D eigenvalue weighted by Crippen LogP contribution is 2.49. The summed E-state index contributed by atoms with van der Waals surface area (Å²) in [6.07, 6.45) is 9.41. The van der Waals surface area contributed by atoms with E-state index in [1.165, 1.54) is 24.0 Å². The summed E-state index contributed by atoms with van der Waals surface area (Å²) in [6.45, 7) is 15.3. The van der Waals surface area contributed by atoms with E-state index in [4.69, 9.17) is 0 Å². The normalized spacial score (nSPS) is 31.4. The van der Waals surface area contributed by atoms with Gasteiger partial charge in [-0.2, -0.15) is 0 Å². The van der Waals surface area contributed by atoms with Crippen molar-refractivity contribution in [3.63, 3.8) is 0 Å². The molecule has 0 heteroatoms. The van der Waals surface area contributed by atoms with Crippen molar-refractivity contribution < 1.29 is 0 Å². The quantitative estimate of drug-likeness (QED) is 0.558. The molecule has 0 saturated heterocycles. The minimum atomic E-state index is 0.696. The van der Waals surface area contributed by atoms with Gasteiger partial charge in [-0.25, -0.2) is 0 Å². The van der Waals surface area contributed by atoms with Crippen molar-refractivity contribution in [3.05, 3.63) is 36.0 Å².